The molecule has 0 unspecified atom stereocenters. The number of pyridine rings is 1. The van der Waals surface area contributed by atoms with Gasteiger partial charge >= 0.3 is 0 Å². The summed E-state index contributed by atoms with van der Waals surface area (Å²) in [6.07, 6.45) is 4.61. The van der Waals surface area contributed by atoms with E-state index >= 15 is 0 Å². The first-order valence-electron chi connectivity index (χ1n) is 6.24. The zero-order chi connectivity index (χ0) is 14.9. The Morgan fingerprint density at radius 3 is 2.90 bits per heavy atom. The third-order valence-corrected chi connectivity index (χ3v) is 4.47. The maximum atomic E-state index is 12.3. The van der Waals surface area contributed by atoms with E-state index in [2.05, 4.69) is 14.7 Å². The minimum absolute atomic E-state index is 0.0763. The van der Waals surface area contributed by atoms with Gasteiger partial charge in [-0.25, -0.2) is 8.42 Å². The Hall–Kier alpha value is -2.38. The number of hydrogen-bond donors (Lipinski definition) is 3. The number of fused-ring (bicyclic) bond motifs is 1. The molecule has 0 aliphatic heterocycles. The molecule has 3 aromatic rings. The number of H-pyrrole nitrogens is 1. The Labute approximate surface area is 121 Å². The Morgan fingerprint density at radius 2 is 2.14 bits per heavy atom. The largest absolute Gasteiger partial charge is 0.390 e. The molecule has 3 N–H and O–H groups in total. The Kier molecular flexibility index (Phi) is 3.36. The lowest BCUT2D eigenvalue weighted by atomic mass is 10.1. The van der Waals surface area contributed by atoms with Crippen LogP contribution in [-0.4, -0.2) is 23.5 Å². The van der Waals surface area contributed by atoms with Crippen LogP contribution in [0.15, 0.2) is 53.8 Å². The number of anilines is 1. The fraction of sp³-hybridized carbons (Fsp3) is 0.0714. The van der Waals surface area contributed by atoms with Crippen molar-refractivity contribution in [2.75, 3.05) is 4.72 Å². The predicted octanol–water partition coefficient (Wildman–Crippen LogP) is 1.86. The lowest BCUT2D eigenvalue weighted by molar-refractivity contribution is 0.277. The lowest BCUT2D eigenvalue weighted by Crippen LogP contribution is -2.12. The Bertz CT molecular complexity index is 882. The topological polar surface area (TPSA) is 95.1 Å². The molecule has 21 heavy (non-hydrogen) atoms. The number of aromatic nitrogens is 2. The second-order valence-electron chi connectivity index (χ2n) is 4.53. The number of rotatable bonds is 4. The minimum Gasteiger partial charge on any atom is -0.390 e. The second kappa shape index (κ2) is 5.19. The van der Waals surface area contributed by atoms with E-state index in [-0.39, 0.29) is 11.5 Å². The van der Waals surface area contributed by atoms with E-state index in [0.717, 1.165) is 10.8 Å². The minimum atomic E-state index is -3.71. The van der Waals surface area contributed by atoms with E-state index in [1.54, 1.807) is 24.5 Å². The molecule has 0 aliphatic carbocycles. The van der Waals surface area contributed by atoms with Gasteiger partial charge in [-0.2, -0.15) is 0 Å². The molecular weight excluding hydrogens is 290 g/mol. The van der Waals surface area contributed by atoms with E-state index < -0.39 is 10.0 Å². The summed E-state index contributed by atoms with van der Waals surface area (Å²) in [5, 5.41) is 10.6. The number of nitrogens with zero attached hydrogens (tertiary/aromatic N) is 1. The molecule has 0 atom stereocenters. The molecule has 0 saturated carbocycles. The number of nitrogens with one attached hydrogen (secondary N) is 2. The fourth-order valence-electron chi connectivity index (χ4n) is 2.07. The average molecular weight is 303 g/mol. The number of sulfonamides is 1. The van der Waals surface area contributed by atoms with Crippen LogP contribution in [0.1, 0.15) is 5.69 Å². The van der Waals surface area contributed by atoms with Gasteiger partial charge in [0.15, 0.2) is 0 Å². The van der Waals surface area contributed by atoms with Crippen LogP contribution >= 0.6 is 0 Å². The van der Waals surface area contributed by atoms with Crippen LogP contribution in [0.3, 0.4) is 0 Å². The highest BCUT2D eigenvalue weighted by molar-refractivity contribution is 7.92. The van der Waals surface area contributed by atoms with Gasteiger partial charge in [-0.05, 0) is 23.6 Å². The monoisotopic (exact) mass is 303 g/mol. The molecule has 2 heterocycles. The van der Waals surface area contributed by atoms with Gasteiger partial charge in [0.05, 0.1) is 12.3 Å². The number of benzene rings is 1. The quantitative estimate of drug-likeness (QED) is 0.685. The van der Waals surface area contributed by atoms with E-state index in [4.69, 9.17) is 5.11 Å². The van der Waals surface area contributed by atoms with Gasteiger partial charge in [0, 0.05) is 29.7 Å². The maximum Gasteiger partial charge on any atom is 0.263 e. The van der Waals surface area contributed by atoms with Gasteiger partial charge in [-0.15, -0.1) is 0 Å². The van der Waals surface area contributed by atoms with Gasteiger partial charge in [0.25, 0.3) is 10.0 Å². The molecule has 6 nitrogen and oxygen atoms in total. The zero-order valence-corrected chi connectivity index (χ0v) is 11.8. The molecule has 0 amide bonds. The van der Waals surface area contributed by atoms with Crippen LogP contribution in [0.2, 0.25) is 0 Å². The van der Waals surface area contributed by atoms with Gasteiger partial charge < -0.3 is 10.1 Å². The highest BCUT2D eigenvalue weighted by Gasteiger charge is 2.17. The van der Waals surface area contributed by atoms with E-state index in [0.29, 0.717) is 11.4 Å². The van der Waals surface area contributed by atoms with Gasteiger partial charge in [-0.1, -0.05) is 12.1 Å². The summed E-state index contributed by atoms with van der Waals surface area (Å²) in [5.74, 6) is 0. The second-order valence-corrected chi connectivity index (χ2v) is 6.21. The number of hydrogen-bond acceptors (Lipinski definition) is 4. The average Bonchev–Trinajstić information content (AvgIpc) is 2.97. The van der Waals surface area contributed by atoms with Crippen LogP contribution in [0.4, 0.5) is 5.69 Å². The SMILES string of the molecule is O=S(=O)(Nc1cccc2ccncc12)c1c[nH]c(CO)c1. The number of aliphatic hydroxyl groups is 1. The molecule has 2 aromatic heterocycles. The van der Waals surface area contributed by atoms with Crippen LogP contribution in [0.25, 0.3) is 10.8 Å². The highest BCUT2D eigenvalue weighted by atomic mass is 32.2. The highest BCUT2D eigenvalue weighted by Crippen LogP contribution is 2.25. The van der Waals surface area contributed by atoms with Crippen molar-refractivity contribution < 1.29 is 13.5 Å². The molecular formula is C14H13N3O3S. The molecule has 108 valence electrons. The molecule has 0 aliphatic rings. The third kappa shape index (κ3) is 2.61. The summed E-state index contributed by atoms with van der Waals surface area (Å²) in [5.41, 5.74) is 0.905. The predicted molar refractivity (Wildman–Crippen MR) is 79.3 cm³/mol. The first-order valence-corrected chi connectivity index (χ1v) is 7.72. The summed E-state index contributed by atoms with van der Waals surface area (Å²) in [4.78, 5) is 6.80. The molecule has 0 saturated heterocycles. The summed E-state index contributed by atoms with van der Waals surface area (Å²) in [7, 11) is -3.71. The fourth-order valence-corrected chi connectivity index (χ4v) is 3.17. The third-order valence-electron chi connectivity index (χ3n) is 3.12. The van der Waals surface area contributed by atoms with Crippen LogP contribution in [-0.2, 0) is 16.6 Å². The molecule has 0 fully saturated rings. The summed E-state index contributed by atoms with van der Waals surface area (Å²) in [6, 6.07) is 8.55. The van der Waals surface area contributed by atoms with E-state index in [1.165, 1.54) is 12.3 Å². The smallest absolute Gasteiger partial charge is 0.263 e. The van der Waals surface area contributed by atoms with Gasteiger partial charge in [0.2, 0.25) is 0 Å². The summed E-state index contributed by atoms with van der Waals surface area (Å²) < 4.78 is 27.2. The molecule has 7 heteroatoms. The Morgan fingerprint density at radius 1 is 1.29 bits per heavy atom. The van der Waals surface area contributed by atoms with Crippen molar-refractivity contribution in [1.82, 2.24) is 9.97 Å². The molecule has 0 spiro atoms. The van der Waals surface area contributed by atoms with Crippen molar-refractivity contribution in [3.63, 3.8) is 0 Å². The summed E-state index contributed by atoms with van der Waals surface area (Å²) in [6.45, 7) is -0.242. The van der Waals surface area contributed by atoms with Crippen LogP contribution in [0, 0.1) is 0 Å². The van der Waals surface area contributed by atoms with Crippen molar-refractivity contribution in [2.45, 2.75) is 11.5 Å². The van der Waals surface area contributed by atoms with Crippen LogP contribution < -0.4 is 4.72 Å². The van der Waals surface area contributed by atoms with Crippen molar-refractivity contribution in [1.29, 1.82) is 0 Å². The van der Waals surface area contributed by atoms with Crippen molar-refractivity contribution in [2.24, 2.45) is 0 Å². The van der Waals surface area contributed by atoms with E-state index in [9.17, 15) is 8.42 Å². The number of aromatic amines is 1. The normalized spacial score (nSPS) is 11.7. The zero-order valence-electron chi connectivity index (χ0n) is 10.9. The number of aliphatic hydroxyl groups excluding tert-OH is 1. The molecule has 3 rings (SSSR count). The van der Waals surface area contributed by atoms with Crippen molar-refractivity contribution >= 4 is 26.5 Å². The standard InChI is InChI=1S/C14H13N3O3S/c18-9-11-6-12(7-16-11)21(19,20)17-14-3-1-2-10-4-5-15-8-13(10)14/h1-8,16-18H,9H2. The van der Waals surface area contributed by atoms with Crippen molar-refractivity contribution in [3.8, 4) is 0 Å². The Balaban J connectivity index is 2.01. The molecule has 0 radical (unpaired) electrons. The van der Waals surface area contributed by atoms with E-state index in [1.807, 2.05) is 12.1 Å². The molecule has 1 aromatic carbocycles. The van der Waals surface area contributed by atoms with Gasteiger partial charge in [-0.3, -0.25) is 9.71 Å². The van der Waals surface area contributed by atoms with Gasteiger partial charge in [0.1, 0.15) is 4.90 Å². The maximum absolute atomic E-state index is 12.3. The first kappa shape index (κ1) is 13.6. The van der Waals surface area contributed by atoms with Crippen LogP contribution in [0.5, 0.6) is 0 Å². The first-order chi connectivity index (χ1) is 10.1. The lowest BCUT2D eigenvalue weighted by Gasteiger charge is -2.09. The summed E-state index contributed by atoms with van der Waals surface area (Å²) >= 11 is 0. The van der Waals surface area contributed by atoms with Crippen molar-refractivity contribution in [3.05, 3.63) is 54.6 Å². The molecule has 0 bridgehead atoms.